The fourth-order valence-corrected chi connectivity index (χ4v) is 2.26. The number of benzene rings is 1. The van der Waals surface area contributed by atoms with Crippen molar-refractivity contribution in [2.45, 2.75) is 71.1 Å². The van der Waals surface area contributed by atoms with Crippen LogP contribution >= 0.6 is 0 Å². The zero-order valence-corrected chi connectivity index (χ0v) is 13.0. The van der Waals surface area contributed by atoms with Gasteiger partial charge in [0, 0.05) is 12.6 Å². The lowest BCUT2D eigenvalue weighted by Crippen LogP contribution is -2.25. The molecule has 1 rings (SSSR count). The van der Waals surface area contributed by atoms with E-state index in [2.05, 4.69) is 19.2 Å². The van der Waals surface area contributed by atoms with Crippen LogP contribution < -0.4 is 5.32 Å². The monoisotopic (exact) mass is 301 g/mol. The minimum absolute atomic E-state index is 0.397. The van der Waals surface area contributed by atoms with Crippen LogP contribution in [0, 0.1) is 0 Å². The molecule has 0 aliphatic rings. The molecule has 21 heavy (non-hydrogen) atoms. The molecule has 0 spiro atoms. The number of unbranched alkanes of at least 4 members (excludes halogenated alkanes) is 4. The Labute approximate surface area is 125 Å². The second-order valence-corrected chi connectivity index (χ2v) is 5.68. The molecular formula is C17H26F3N. The van der Waals surface area contributed by atoms with Gasteiger partial charge in [0.1, 0.15) is 0 Å². The second-order valence-electron chi connectivity index (χ2n) is 5.68. The minimum atomic E-state index is -4.25. The predicted octanol–water partition coefficient (Wildman–Crippen LogP) is 5.54. The largest absolute Gasteiger partial charge is 0.416 e. The van der Waals surface area contributed by atoms with Gasteiger partial charge in [0.2, 0.25) is 0 Å². The minimum Gasteiger partial charge on any atom is -0.310 e. The van der Waals surface area contributed by atoms with Gasteiger partial charge in [0.05, 0.1) is 5.56 Å². The Balaban J connectivity index is 2.25. The van der Waals surface area contributed by atoms with E-state index >= 15 is 0 Å². The Hall–Kier alpha value is -1.03. The lowest BCUT2D eigenvalue weighted by atomic mass is 10.1. The van der Waals surface area contributed by atoms with Crippen molar-refractivity contribution >= 4 is 0 Å². The van der Waals surface area contributed by atoms with E-state index in [0.29, 0.717) is 12.6 Å². The molecule has 0 saturated carbocycles. The van der Waals surface area contributed by atoms with E-state index in [1.165, 1.54) is 32.1 Å². The molecule has 0 fully saturated rings. The van der Waals surface area contributed by atoms with Gasteiger partial charge in [0.25, 0.3) is 0 Å². The third-order valence-corrected chi connectivity index (χ3v) is 3.68. The average Bonchev–Trinajstić information content (AvgIpc) is 2.44. The van der Waals surface area contributed by atoms with Crippen molar-refractivity contribution in [1.82, 2.24) is 5.32 Å². The van der Waals surface area contributed by atoms with E-state index in [9.17, 15) is 13.2 Å². The van der Waals surface area contributed by atoms with Crippen LogP contribution in [0.25, 0.3) is 0 Å². The standard InChI is InChI=1S/C17H26F3N/c1-3-4-5-6-7-8-14(2)21-13-15-9-11-16(12-10-15)17(18,19)20/h9-12,14,21H,3-8,13H2,1-2H3. The van der Waals surface area contributed by atoms with Crippen molar-refractivity contribution in [3.05, 3.63) is 35.4 Å². The van der Waals surface area contributed by atoms with Gasteiger partial charge >= 0.3 is 6.18 Å². The molecule has 1 aromatic rings. The Kier molecular flexibility index (Phi) is 7.79. The number of rotatable bonds is 9. The van der Waals surface area contributed by atoms with Gasteiger partial charge < -0.3 is 5.32 Å². The molecule has 1 nitrogen and oxygen atoms in total. The van der Waals surface area contributed by atoms with Crippen LogP contribution in [0.1, 0.15) is 63.5 Å². The Morgan fingerprint density at radius 2 is 1.62 bits per heavy atom. The van der Waals surface area contributed by atoms with E-state index in [0.717, 1.165) is 24.1 Å². The molecular weight excluding hydrogens is 275 g/mol. The van der Waals surface area contributed by atoms with Crippen LogP contribution in [0.4, 0.5) is 13.2 Å². The molecule has 1 atom stereocenters. The van der Waals surface area contributed by atoms with Gasteiger partial charge in [0.15, 0.2) is 0 Å². The Morgan fingerprint density at radius 3 is 2.19 bits per heavy atom. The molecule has 0 aliphatic carbocycles. The van der Waals surface area contributed by atoms with Gasteiger partial charge in [-0.25, -0.2) is 0 Å². The smallest absolute Gasteiger partial charge is 0.310 e. The first-order chi connectivity index (χ1) is 9.93. The van der Waals surface area contributed by atoms with Crippen molar-refractivity contribution in [3.8, 4) is 0 Å². The molecule has 120 valence electrons. The fraction of sp³-hybridized carbons (Fsp3) is 0.647. The normalized spacial score (nSPS) is 13.4. The fourth-order valence-electron chi connectivity index (χ4n) is 2.26. The highest BCUT2D eigenvalue weighted by Gasteiger charge is 2.29. The van der Waals surface area contributed by atoms with Gasteiger partial charge in [-0.2, -0.15) is 13.2 Å². The highest BCUT2D eigenvalue weighted by atomic mass is 19.4. The lowest BCUT2D eigenvalue weighted by Gasteiger charge is -2.14. The first-order valence-electron chi connectivity index (χ1n) is 7.83. The zero-order valence-electron chi connectivity index (χ0n) is 13.0. The molecule has 0 amide bonds. The zero-order chi connectivity index (χ0) is 15.7. The third kappa shape index (κ3) is 7.51. The molecule has 0 aromatic heterocycles. The summed E-state index contributed by atoms with van der Waals surface area (Å²) in [5.41, 5.74) is 0.302. The van der Waals surface area contributed by atoms with Gasteiger partial charge in [-0.15, -0.1) is 0 Å². The highest BCUT2D eigenvalue weighted by molar-refractivity contribution is 5.24. The van der Waals surface area contributed by atoms with Crippen molar-refractivity contribution < 1.29 is 13.2 Å². The van der Waals surface area contributed by atoms with Crippen molar-refractivity contribution in [2.24, 2.45) is 0 Å². The summed E-state index contributed by atoms with van der Waals surface area (Å²) in [7, 11) is 0. The first kappa shape index (κ1) is 18.0. The molecule has 0 bridgehead atoms. The number of hydrogen-bond donors (Lipinski definition) is 1. The van der Waals surface area contributed by atoms with Crippen LogP contribution in [0.5, 0.6) is 0 Å². The third-order valence-electron chi connectivity index (χ3n) is 3.68. The molecule has 0 saturated heterocycles. The molecule has 1 aromatic carbocycles. The van der Waals surface area contributed by atoms with E-state index in [1.54, 1.807) is 12.1 Å². The van der Waals surface area contributed by atoms with Crippen molar-refractivity contribution in [2.75, 3.05) is 0 Å². The molecule has 1 N–H and O–H groups in total. The number of halogens is 3. The summed E-state index contributed by atoms with van der Waals surface area (Å²) in [5.74, 6) is 0. The molecule has 0 aliphatic heterocycles. The maximum Gasteiger partial charge on any atom is 0.416 e. The summed E-state index contributed by atoms with van der Waals surface area (Å²) in [4.78, 5) is 0. The topological polar surface area (TPSA) is 12.0 Å². The van der Waals surface area contributed by atoms with E-state index in [-0.39, 0.29) is 0 Å². The summed E-state index contributed by atoms with van der Waals surface area (Å²) in [6.45, 7) is 4.95. The van der Waals surface area contributed by atoms with Crippen LogP contribution in [-0.2, 0) is 12.7 Å². The van der Waals surface area contributed by atoms with Crippen molar-refractivity contribution in [3.63, 3.8) is 0 Å². The number of nitrogens with one attached hydrogen (secondary N) is 1. The summed E-state index contributed by atoms with van der Waals surface area (Å²) in [6, 6.07) is 5.78. The van der Waals surface area contributed by atoms with Crippen LogP contribution in [-0.4, -0.2) is 6.04 Å². The summed E-state index contributed by atoms with van der Waals surface area (Å²) >= 11 is 0. The van der Waals surface area contributed by atoms with Crippen LogP contribution in [0.3, 0.4) is 0 Å². The average molecular weight is 301 g/mol. The summed E-state index contributed by atoms with van der Waals surface area (Å²) in [5, 5.41) is 3.37. The molecule has 0 radical (unpaired) electrons. The van der Waals surface area contributed by atoms with Gasteiger partial charge in [-0.3, -0.25) is 0 Å². The maximum absolute atomic E-state index is 12.4. The Morgan fingerprint density at radius 1 is 1.00 bits per heavy atom. The lowest BCUT2D eigenvalue weighted by molar-refractivity contribution is -0.137. The maximum atomic E-state index is 12.4. The predicted molar refractivity (Wildman–Crippen MR) is 81.1 cm³/mol. The van der Waals surface area contributed by atoms with E-state index in [4.69, 9.17) is 0 Å². The SMILES string of the molecule is CCCCCCCC(C)NCc1ccc(C(F)(F)F)cc1. The van der Waals surface area contributed by atoms with E-state index < -0.39 is 11.7 Å². The van der Waals surface area contributed by atoms with E-state index in [1.807, 2.05) is 0 Å². The second kappa shape index (κ2) is 9.08. The summed E-state index contributed by atoms with van der Waals surface area (Å²) in [6.07, 6.45) is 3.18. The van der Waals surface area contributed by atoms with Crippen LogP contribution in [0.15, 0.2) is 24.3 Å². The molecule has 0 heterocycles. The van der Waals surface area contributed by atoms with Gasteiger partial charge in [-0.1, -0.05) is 51.2 Å². The highest BCUT2D eigenvalue weighted by Crippen LogP contribution is 2.29. The summed E-state index contributed by atoms with van der Waals surface area (Å²) < 4.78 is 37.3. The molecule has 1 unspecified atom stereocenters. The number of hydrogen-bond acceptors (Lipinski definition) is 1. The molecule has 4 heteroatoms. The van der Waals surface area contributed by atoms with Crippen molar-refractivity contribution in [1.29, 1.82) is 0 Å². The number of alkyl halides is 3. The first-order valence-corrected chi connectivity index (χ1v) is 7.83. The quantitative estimate of drug-likeness (QED) is 0.590. The Bertz CT molecular complexity index is 384. The van der Waals surface area contributed by atoms with Crippen LogP contribution in [0.2, 0.25) is 0 Å². The van der Waals surface area contributed by atoms with Gasteiger partial charge in [-0.05, 0) is 31.0 Å².